The van der Waals surface area contributed by atoms with Crippen LogP contribution in [-0.2, 0) is 6.42 Å². The Labute approximate surface area is 131 Å². The number of carbonyl (C=O) groups is 1. The zero-order valence-corrected chi connectivity index (χ0v) is 13.0. The van der Waals surface area contributed by atoms with Gasteiger partial charge in [0.15, 0.2) is 4.88 Å². The molecule has 2 rings (SSSR count). The molecule has 1 aromatic heterocycles. The van der Waals surface area contributed by atoms with E-state index >= 15 is 0 Å². The molecule has 21 heavy (non-hydrogen) atoms. The van der Waals surface area contributed by atoms with Gasteiger partial charge in [0.25, 0.3) is 0 Å². The molecule has 0 spiro atoms. The van der Waals surface area contributed by atoms with Gasteiger partial charge >= 0.3 is 5.97 Å². The van der Waals surface area contributed by atoms with Gasteiger partial charge in [-0.05, 0) is 30.7 Å². The largest absolute Gasteiger partial charge is 0.490 e. The lowest BCUT2D eigenvalue weighted by atomic mass is 10.3. The van der Waals surface area contributed by atoms with Crippen LogP contribution in [0.5, 0.6) is 11.5 Å². The first-order valence-electron chi connectivity index (χ1n) is 6.47. The summed E-state index contributed by atoms with van der Waals surface area (Å²) < 4.78 is 11.0. The van der Waals surface area contributed by atoms with Crippen LogP contribution < -0.4 is 9.47 Å². The van der Waals surface area contributed by atoms with Crippen LogP contribution in [0.25, 0.3) is 0 Å². The maximum absolute atomic E-state index is 11.1. The van der Waals surface area contributed by atoms with Crippen LogP contribution >= 0.6 is 22.9 Å². The van der Waals surface area contributed by atoms with Crippen LogP contribution in [0.4, 0.5) is 0 Å². The molecule has 0 unspecified atom stereocenters. The normalized spacial score (nSPS) is 10.4. The van der Waals surface area contributed by atoms with Crippen LogP contribution in [-0.4, -0.2) is 24.3 Å². The first-order valence-corrected chi connectivity index (χ1v) is 7.66. The molecular formula is C15H15ClO4S. The molecule has 4 nitrogen and oxygen atoms in total. The van der Waals surface area contributed by atoms with Gasteiger partial charge in [-0.1, -0.05) is 24.6 Å². The highest BCUT2D eigenvalue weighted by Gasteiger charge is 2.16. The lowest BCUT2D eigenvalue weighted by Crippen LogP contribution is -2.10. The van der Waals surface area contributed by atoms with Crippen molar-refractivity contribution in [1.82, 2.24) is 0 Å². The summed E-state index contributed by atoms with van der Waals surface area (Å²) >= 11 is 7.09. The number of benzene rings is 1. The molecular weight excluding hydrogens is 312 g/mol. The Hall–Kier alpha value is -1.72. The fourth-order valence-corrected chi connectivity index (χ4v) is 2.78. The standard InChI is InChI=1S/C15H15ClO4S/c1-2-12-9-13(14(21-12)15(17)18)20-7-6-19-11-5-3-4-10(16)8-11/h3-5,8-9H,2,6-7H2,1H3,(H,17,18). The van der Waals surface area contributed by atoms with Crippen molar-refractivity contribution in [1.29, 1.82) is 0 Å². The topological polar surface area (TPSA) is 55.8 Å². The molecule has 0 saturated carbocycles. The molecule has 1 N–H and O–H groups in total. The number of hydrogen-bond donors (Lipinski definition) is 1. The number of hydrogen-bond acceptors (Lipinski definition) is 4. The predicted molar refractivity (Wildman–Crippen MR) is 83.1 cm³/mol. The zero-order chi connectivity index (χ0) is 15.2. The molecule has 1 aromatic carbocycles. The van der Waals surface area contributed by atoms with Gasteiger partial charge in [0.1, 0.15) is 24.7 Å². The number of ether oxygens (including phenoxy) is 2. The fraction of sp³-hybridized carbons (Fsp3) is 0.267. The van der Waals surface area contributed by atoms with Crippen LogP contribution in [0.2, 0.25) is 5.02 Å². The Bertz CT molecular complexity index is 624. The molecule has 0 fully saturated rings. The van der Waals surface area contributed by atoms with Gasteiger partial charge in [-0.25, -0.2) is 4.79 Å². The Morgan fingerprint density at radius 3 is 2.71 bits per heavy atom. The third-order valence-electron chi connectivity index (χ3n) is 2.70. The number of carboxylic acids is 1. The van der Waals surface area contributed by atoms with Crippen molar-refractivity contribution in [3.8, 4) is 11.5 Å². The highest BCUT2D eigenvalue weighted by molar-refractivity contribution is 7.14. The van der Waals surface area contributed by atoms with E-state index in [2.05, 4.69) is 0 Å². The molecule has 0 bridgehead atoms. The minimum atomic E-state index is -0.967. The number of aryl methyl sites for hydroxylation is 1. The molecule has 6 heteroatoms. The van der Waals surface area contributed by atoms with Crippen molar-refractivity contribution in [2.45, 2.75) is 13.3 Å². The van der Waals surface area contributed by atoms with Gasteiger partial charge in [0.2, 0.25) is 0 Å². The molecule has 2 aromatic rings. The first kappa shape index (κ1) is 15.7. The summed E-state index contributed by atoms with van der Waals surface area (Å²) in [7, 11) is 0. The summed E-state index contributed by atoms with van der Waals surface area (Å²) in [6.45, 7) is 2.56. The summed E-state index contributed by atoms with van der Waals surface area (Å²) in [5.74, 6) is 0.0913. The maximum atomic E-state index is 11.1. The van der Waals surface area contributed by atoms with Crippen molar-refractivity contribution < 1.29 is 19.4 Å². The average Bonchev–Trinajstić information content (AvgIpc) is 2.87. The van der Waals surface area contributed by atoms with Crippen LogP contribution in [0.3, 0.4) is 0 Å². The molecule has 0 radical (unpaired) electrons. The molecule has 0 aliphatic heterocycles. The summed E-state index contributed by atoms with van der Waals surface area (Å²) in [5.41, 5.74) is 0. The molecule has 1 heterocycles. The van der Waals surface area contributed by atoms with E-state index in [1.807, 2.05) is 6.92 Å². The van der Waals surface area contributed by atoms with Gasteiger partial charge in [0, 0.05) is 9.90 Å². The minimum Gasteiger partial charge on any atom is -0.490 e. The smallest absolute Gasteiger partial charge is 0.349 e. The van der Waals surface area contributed by atoms with Crippen molar-refractivity contribution >= 4 is 28.9 Å². The molecule has 0 saturated heterocycles. The number of carboxylic acid groups (broad SMARTS) is 1. The maximum Gasteiger partial charge on any atom is 0.349 e. The zero-order valence-electron chi connectivity index (χ0n) is 11.5. The van der Waals surface area contributed by atoms with E-state index in [9.17, 15) is 4.79 Å². The highest BCUT2D eigenvalue weighted by atomic mass is 35.5. The number of thiophene rings is 1. The van der Waals surface area contributed by atoms with Gasteiger partial charge in [-0.3, -0.25) is 0 Å². The van der Waals surface area contributed by atoms with Crippen LogP contribution in [0.1, 0.15) is 21.5 Å². The number of rotatable bonds is 7. The van der Waals surface area contributed by atoms with Gasteiger partial charge in [-0.2, -0.15) is 0 Å². The lowest BCUT2D eigenvalue weighted by molar-refractivity contribution is 0.0697. The van der Waals surface area contributed by atoms with E-state index in [4.69, 9.17) is 26.2 Å². The number of aromatic carboxylic acids is 1. The second-order valence-corrected chi connectivity index (χ2v) is 5.79. The predicted octanol–water partition coefficient (Wildman–Crippen LogP) is 4.12. The quantitative estimate of drug-likeness (QED) is 0.778. The Morgan fingerprint density at radius 1 is 1.29 bits per heavy atom. The van der Waals surface area contributed by atoms with E-state index < -0.39 is 5.97 Å². The van der Waals surface area contributed by atoms with Gasteiger partial charge in [0.05, 0.1) is 0 Å². The van der Waals surface area contributed by atoms with Crippen LogP contribution in [0, 0.1) is 0 Å². The van der Waals surface area contributed by atoms with E-state index in [0.717, 1.165) is 11.3 Å². The third-order valence-corrected chi connectivity index (χ3v) is 4.18. The SMILES string of the molecule is CCc1cc(OCCOc2cccc(Cl)c2)c(C(=O)O)s1. The van der Waals surface area contributed by atoms with Gasteiger partial charge < -0.3 is 14.6 Å². The Kier molecular flexibility index (Phi) is 5.47. The first-order chi connectivity index (χ1) is 10.1. The monoisotopic (exact) mass is 326 g/mol. The Morgan fingerprint density at radius 2 is 2.05 bits per heavy atom. The summed E-state index contributed by atoms with van der Waals surface area (Å²) in [4.78, 5) is 12.3. The molecule has 0 aliphatic carbocycles. The fourth-order valence-electron chi connectivity index (χ4n) is 1.72. The van der Waals surface area contributed by atoms with E-state index in [1.54, 1.807) is 30.3 Å². The lowest BCUT2D eigenvalue weighted by Gasteiger charge is -2.08. The number of halogens is 1. The summed E-state index contributed by atoms with van der Waals surface area (Å²) in [6.07, 6.45) is 0.785. The summed E-state index contributed by atoms with van der Waals surface area (Å²) in [5, 5.41) is 9.73. The van der Waals surface area contributed by atoms with Crippen molar-refractivity contribution in [3.05, 3.63) is 45.1 Å². The second kappa shape index (κ2) is 7.33. The summed E-state index contributed by atoms with van der Waals surface area (Å²) in [6, 6.07) is 8.85. The molecule has 112 valence electrons. The average molecular weight is 327 g/mol. The van der Waals surface area contributed by atoms with Crippen molar-refractivity contribution in [3.63, 3.8) is 0 Å². The van der Waals surface area contributed by atoms with Crippen molar-refractivity contribution in [2.24, 2.45) is 0 Å². The highest BCUT2D eigenvalue weighted by Crippen LogP contribution is 2.29. The van der Waals surface area contributed by atoms with Crippen LogP contribution in [0.15, 0.2) is 30.3 Å². The minimum absolute atomic E-state index is 0.231. The Balaban J connectivity index is 1.88. The molecule has 0 aliphatic rings. The molecule has 0 atom stereocenters. The van der Waals surface area contributed by atoms with Crippen molar-refractivity contribution in [2.75, 3.05) is 13.2 Å². The van der Waals surface area contributed by atoms with E-state index in [0.29, 0.717) is 23.1 Å². The second-order valence-electron chi connectivity index (χ2n) is 4.22. The molecule has 0 amide bonds. The van der Waals surface area contributed by atoms with E-state index in [1.165, 1.54) is 11.3 Å². The third kappa shape index (κ3) is 4.37. The van der Waals surface area contributed by atoms with Gasteiger partial charge in [-0.15, -0.1) is 11.3 Å². The van der Waals surface area contributed by atoms with E-state index in [-0.39, 0.29) is 11.5 Å².